The van der Waals surface area contributed by atoms with E-state index in [4.69, 9.17) is 22.1 Å². The molecule has 3 aromatic rings. The van der Waals surface area contributed by atoms with Crippen molar-refractivity contribution < 1.29 is 21.9 Å². The standard InChI is InChI=1S/C22H20ClF2N3O3S/c1-13(20-17(24)7-8-18(25)21(20)23)31-19-11-15(12-27-22(19)26)14-3-5-16(6-4-14)28-9-2-10-32(28,29)30/h3-8,11-13H,2,9-10H2,1H3,(H2,26,27). The predicted octanol–water partition coefficient (Wildman–Crippen LogP) is 4.94. The first kappa shape index (κ1) is 22.3. The number of hydrogen-bond donors (Lipinski definition) is 1. The molecule has 1 fully saturated rings. The molecule has 0 radical (unpaired) electrons. The van der Waals surface area contributed by atoms with Crippen LogP contribution in [0.15, 0.2) is 48.7 Å². The van der Waals surface area contributed by atoms with Crippen LogP contribution in [0.1, 0.15) is 25.0 Å². The molecule has 2 N–H and O–H groups in total. The summed E-state index contributed by atoms with van der Waals surface area (Å²) in [6.45, 7) is 1.99. The van der Waals surface area contributed by atoms with Crippen LogP contribution in [0.4, 0.5) is 20.3 Å². The quantitative estimate of drug-likeness (QED) is 0.524. The lowest BCUT2D eigenvalue weighted by atomic mass is 10.1. The summed E-state index contributed by atoms with van der Waals surface area (Å²) in [5.74, 6) is -1.04. The van der Waals surface area contributed by atoms with Crippen LogP contribution in [0.5, 0.6) is 5.75 Å². The smallest absolute Gasteiger partial charge is 0.235 e. The fraction of sp³-hybridized carbons (Fsp3) is 0.227. The van der Waals surface area contributed by atoms with E-state index in [1.807, 2.05) is 0 Å². The van der Waals surface area contributed by atoms with Gasteiger partial charge in [-0.3, -0.25) is 4.31 Å². The molecule has 0 aliphatic carbocycles. The van der Waals surface area contributed by atoms with Crippen molar-refractivity contribution in [3.63, 3.8) is 0 Å². The molecule has 2 aromatic carbocycles. The number of anilines is 2. The number of hydrogen-bond acceptors (Lipinski definition) is 5. The molecule has 6 nitrogen and oxygen atoms in total. The molecule has 1 aliphatic heterocycles. The second-order valence-electron chi connectivity index (χ2n) is 7.41. The number of benzene rings is 2. The Morgan fingerprint density at radius 3 is 2.47 bits per heavy atom. The first-order valence-electron chi connectivity index (χ1n) is 9.84. The number of nitrogens with zero attached hydrogens (tertiary/aromatic N) is 2. The maximum absolute atomic E-state index is 14.2. The number of rotatable bonds is 5. The number of ether oxygens (including phenoxy) is 1. The molecule has 4 rings (SSSR count). The third-order valence-corrected chi connectivity index (χ3v) is 7.51. The fourth-order valence-electron chi connectivity index (χ4n) is 3.62. The van der Waals surface area contributed by atoms with Crippen molar-refractivity contribution in [1.82, 2.24) is 4.98 Å². The SMILES string of the molecule is CC(Oc1cc(-c2ccc(N3CCCS3(=O)=O)cc2)cnc1N)c1c(F)ccc(F)c1Cl. The van der Waals surface area contributed by atoms with Crippen LogP contribution in [-0.4, -0.2) is 25.7 Å². The summed E-state index contributed by atoms with van der Waals surface area (Å²) in [6, 6.07) is 10.5. The van der Waals surface area contributed by atoms with Crippen molar-refractivity contribution in [1.29, 1.82) is 0 Å². The van der Waals surface area contributed by atoms with Crippen molar-refractivity contribution in [3.8, 4) is 16.9 Å². The van der Waals surface area contributed by atoms with Crippen LogP contribution in [0.2, 0.25) is 5.02 Å². The van der Waals surface area contributed by atoms with Gasteiger partial charge in [-0.25, -0.2) is 22.2 Å². The Bertz CT molecular complexity index is 1270. The van der Waals surface area contributed by atoms with Crippen LogP contribution in [0.3, 0.4) is 0 Å². The van der Waals surface area contributed by atoms with E-state index in [0.717, 1.165) is 17.7 Å². The minimum atomic E-state index is -3.26. The van der Waals surface area contributed by atoms with Gasteiger partial charge in [0.2, 0.25) is 10.0 Å². The molecule has 1 aromatic heterocycles. The van der Waals surface area contributed by atoms with E-state index in [-0.39, 0.29) is 27.9 Å². The van der Waals surface area contributed by atoms with Gasteiger partial charge in [0.05, 0.1) is 16.5 Å². The third-order valence-electron chi connectivity index (χ3n) is 5.26. The van der Waals surface area contributed by atoms with Crippen molar-refractivity contribution in [2.24, 2.45) is 0 Å². The topological polar surface area (TPSA) is 85.5 Å². The van der Waals surface area contributed by atoms with Gasteiger partial charge in [0, 0.05) is 23.9 Å². The third kappa shape index (κ3) is 4.22. The fourth-order valence-corrected chi connectivity index (χ4v) is 5.49. The summed E-state index contributed by atoms with van der Waals surface area (Å²) in [4.78, 5) is 4.13. The van der Waals surface area contributed by atoms with E-state index in [0.29, 0.717) is 24.2 Å². The van der Waals surface area contributed by atoms with Gasteiger partial charge in [0.1, 0.15) is 17.7 Å². The lowest BCUT2D eigenvalue weighted by Gasteiger charge is -2.19. The van der Waals surface area contributed by atoms with Crippen LogP contribution in [-0.2, 0) is 10.0 Å². The summed E-state index contributed by atoms with van der Waals surface area (Å²) in [5.41, 5.74) is 7.81. The van der Waals surface area contributed by atoms with Gasteiger partial charge >= 0.3 is 0 Å². The maximum atomic E-state index is 14.2. The van der Waals surface area contributed by atoms with Crippen molar-refractivity contribution in [2.75, 3.05) is 22.3 Å². The molecule has 0 saturated carbocycles. The Kier molecular flexibility index (Phi) is 5.96. The minimum Gasteiger partial charge on any atom is -0.482 e. The highest BCUT2D eigenvalue weighted by atomic mass is 35.5. The van der Waals surface area contributed by atoms with Gasteiger partial charge in [0.15, 0.2) is 11.6 Å². The molecule has 32 heavy (non-hydrogen) atoms. The second-order valence-corrected chi connectivity index (χ2v) is 9.80. The number of aromatic nitrogens is 1. The molecular formula is C22H20ClF2N3O3S. The summed E-state index contributed by atoms with van der Waals surface area (Å²) < 4.78 is 59.4. The summed E-state index contributed by atoms with van der Waals surface area (Å²) in [5, 5.41) is -0.354. The van der Waals surface area contributed by atoms with Gasteiger partial charge in [0.25, 0.3) is 0 Å². The van der Waals surface area contributed by atoms with Gasteiger partial charge in [-0.1, -0.05) is 23.7 Å². The van der Waals surface area contributed by atoms with E-state index in [9.17, 15) is 17.2 Å². The maximum Gasteiger partial charge on any atom is 0.235 e. The molecule has 0 amide bonds. The Balaban J connectivity index is 1.60. The lowest BCUT2D eigenvalue weighted by Crippen LogP contribution is -2.24. The Morgan fingerprint density at radius 1 is 1.12 bits per heavy atom. The van der Waals surface area contributed by atoms with Crippen LogP contribution < -0.4 is 14.8 Å². The van der Waals surface area contributed by atoms with Crippen LogP contribution in [0.25, 0.3) is 11.1 Å². The minimum absolute atomic E-state index is 0.0771. The number of halogens is 3. The first-order chi connectivity index (χ1) is 15.2. The zero-order chi connectivity index (χ0) is 23.0. The number of nitrogen functional groups attached to an aromatic ring is 1. The number of sulfonamides is 1. The van der Waals surface area contributed by atoms with Gasteiger partial charge in [-0.2, -0.15) is 0 Å². The summed E-state index contributed by atoms with van der Waals surface area (Å²) in [6.07, 6.45) is 1.21. The number of pyridine rings is 1. The predicted molar refractivity (Wildman–Crippen MR) is 120 cm³/mol. The van der Waals surface area contributed by atoms with Crippen LogP contribution in [0, 0.1) is 11.6 Å². The van der Waals surface area contributed by atoms with E-state index in [1.54, 1.807) is 36.5 Å². The van der Waals surface area contributed by atoms with Crippen molar-refractivity contribution in [2.45, 2.75) is 19.4 Å². The average Bonchev–Trinajstić information content (AvgIpc) is 3.12. The van der Waals surface area contributed by atoms with Crippen molar-refractivity contribution in [3.05, 3.63) is 70.9 Å². The molecule has 1 aliphatic rings. The van der Waals surface area contributed by atoms with E-state index in [1.165, 1.54) is 11.2 Å². The number of nitrogens with two attached hydrogens (primary N) is 1. The molecule has 10 heteroatoms. The van der Waals surface area contributed by atoms with Gasteiger partial charge in [-0.05, 0) is 49.2 Å². The van der Waals surface area contributed by atoms with Gasteiger partial charge < -0.3 is 10.5 Å². The Hall–Kier alpha value is -2.91. The molecule has 0 bridgehead atoms. The summed E-state index contributed by atoms with van der Waals surface area (Å²) in [7, 11) is -3.26. The van der Waals surface area contributed by atoms with Crippen LogP contribution >= 0.6 is 11.6 Å². The normalized spacial score (nSPS) is 16.2. The van der Waals surface area contributed by atoms with E-state index < -0.39 is 27.8 Å². The molecular weight excluding hydrogens is 460 g/mol. The molecule has 2 heterocycles. The highest BCUT2D eigenvalue weighted by molar-refractivity contribution is 7.93. The van der Waals surface area contributed by atoms with E-state index >= 15 is 0 Å². The highest BCUT2D eigenvalue weighted by Gasteiger charge is 2.28. The molecule has 1 saturated heterocycles. The highest BCUT2D eigenvalue weighted by Crippen LogP contribution is 2.35. The first-order valence-corrected chi connectivity index (χ1v) is 11.8. The van der Waals surface area contributed by atoms with Crippen molar-refractivity contribution >= 4 is 33.1 Å². The zero-order valence-electron chi connectivity index (χ0n) is 17.1. The monoisotopic (exact) mass is 479 g/mol. The molecule has 1 unspecified atom stereocenters. The largest absolute Gasteiger partial charge is 0.482 e. The summed E-state index contributed by atoms with van der Waals surface area (Å²) >= 11 is 5.93. The van der Waals surface area contributed by atoms with Gasteiger partial charge in [-0.15, -0.1) is 0 Å². The Morgan fingerprint density at radius 2 is 1.81 bits per heavy atom. The van der Waals surface area contributed by atoms with E-state index in [2.05, 4.69) is 4.98 Å². The Labute approximate surface area is 189 Å². The molecule has 0 spiro atoms. The molecule has 1 atom stereocenters. The average molecular weight is 480 g/mol. The zero-order valence-corrected chi connectivity index (χ0v) is 18.6. The second kappa shape index (κ2) is 8.55. The lowest BCUT2D eigenvalue weighted by molar-refractivity contribution is 0.221. The molecule has 168 valence electrons.